The molecule has 0 saturated carbocycles. The van der Waals surface area contributed by atoms with Crippen LogP contribution in [0.3, 0.4) is 0 Å². The van der Waals surface area contributed by atoms with Crippen LogP contribution in [-0.4, -0.2) is 21.7 Å². The first-order chi connectivity index (χ1) is 14.6. The van der Waals surface area contributed by atoms with Crippen LogP contribution >= 0.6 is 0 Å². The van der Waals surface area contributed by atoms with Crippen LogP contribution in [0.4, 0.5) is 0 Å². The normalized spacial score (nSPS) is 15.9. The van der Waals surface area contributed by atoms with Gasteiger partial charge in [0.2, 0.25) is 0 Å². The van der Waals surface area contributed by atoms with E-state index < -0.39 is 7.12 Å². The molecule has 0 saturated heterocycles. The average Bonchev–Trinajstić information content (AvgIpc) is 3.28. The molecule has 6 rings (SSSR count). The Balaban J connectivity index is 1.73. The second-order valence-corrected chi connectivity index (χ2v) is 8.11. The molecule has 1 unspecified atom stereocenters. The zero-order chi connectivity index (χ0) is 20.4. The zero-order valence-corrected chi connectivity index (χ0v) is 16.5. The lowest BCUT2D eigenvalue weighted by atomic mass is 9.80. The standard InChI is InChI=1S/C25H20BNO3/c1-15-6-4-10-19-21-13-20-18-9-2-3-11-22(18)27(23(20)14-24(21)30-25(15)19)17-8-5-7-16(12-17)26(28)29/h2-5,7-15,28-29H,6H2,1H3. The summed E-state index contributed by atoms with van der Waals surface area (Å²) in [7, 11) is -1.50. The molecule has 0 radical (unpaired) electrons. The third kappa shape index (κ3) is 2.43. The van der Waals surface area contributed by atoms with E-state index in [-0.39, 0.29) is 0 Å². The van der Waals surface area contributed by atoms with Crippen molar-refractivity contribution < 1.29 is 14.5 Å². The first-order valence-electron chi connectivity index (χ1n) is 10.2. The van der Waals surface area contributed by atoms with Crippen molar-refractivity contribution in [3.8, 4) is 5.69 Å². The predicted molar refractivity (Wildman–Crippen MR) is 122 cm³/mol. The van der Waals surface area contributed by atoms with Crippen molar-refractivity contribution in [1.29, 1.82) is 0 Å². The molecule has 4 nitrogen and oxygen atoms in total. The molecule has 0 bridgehead atoms. The Morgan fingerprint density at radius 3 is 2.67 bits per heavy atom. The number of fused-ring (bicyclic) bond motifs is 6. The molecular formula is C25H20BNO3. The van der Waals surface area contributed by atoms with E-state index in [1.165, 1.54) is 5.56 Å². The maximum absolute atomic E-state index is 9.66. The van der Waals surface area contributed by atoms with Gasteiger partial charge in [0.1, 0.15) is 11.3 Å². The summed E-state index contributed by atoms with van der Waals surface area (Å²) in [6.45, 7) is 2.20. The van der Waals surface area contributed by atoms with Gasteiger partial charge in [-0.05, 0) is 36.1 Å². The van der Waals surface area contributed by atoms with Crippen LogP contribution < -0.4 is 5.46 Å². The number of benzene rings is 3. The lowest BCUT2D eigenvalue weighted by Crippen LogP contribution is -2.29. The predicted octanol–water partition coefficient (Wildman–Crippen LogP) is 4.73. The number of hydrogen-bond donors (Lipinski definition) is 2. The lowest BCUT2D eigenvalue weighted by Gasteiger charge is -2.10. The molecule has 0 aliphatic heterocycles. The molecule has 2 N–H and O–H groups in total. The van der Waals surface area contributed by atoms with Crippen LogP contribution in [0.25, 0.3) is 44.5 Å². The maximum atomic E-state index is 9.66. The fourth-order valence-electron chi connectivity index (χ4n) is 4.73. The van der Waals surface area contributed by atoms with Crippen LogP contribution in [0, 0.1) is 0 Å². The minimum Gasteiger partial charge on any atom is -0.460 e. The lowest BCUT2D eigenvalue weighted by molar-refractivity contribution is 0.426. The summed E-state index contributed by atoms with van der Waals surface area (Å²) in [4.78, 5) is 0. The van der Waals surface area contributed by atoms with Gasteiger partial charge in [-0.25, -0.2) is 0 Å². The van der Waals surface area contributed by atoms with Gasteiger partial charge >= 0.3 is 7.12 Å². The van der Waals surface area contributed by atoms with Gasteiger partial charge in [-0.15, -0.1) is 0 Å². The largest absolute Gasteiger partial charge is 0.488 e. The summed E-state index contributed by atoms with van der Waals surface area (Å²) in [6, 6.07) is 20.0. The van der Waals surface area contributed by atoms with Crippen LogP contribution in [0.2, 0.25) is 0 Å². The Morgan fingerprint density at radius 1 is 0.933 bits per heavy atom. The number of aromatic nitrogens is 1. The van der Waals surface area contributed by atoms with Crippen LogP contribution in [0.15, 0.2) is 71.2 Å². The van der Waals surface area contributed by atoms with Crippen LogP contribution in [-0.2, 0) is 0 Å². The van der Waals surface area contributed by atoms with E-state index in [1.54, 1.807) is 6.07 Å². The molecule has 2 aromatic heterocycles. The zero-order valence-electron chi connectivity index (χ0n) is 16.5. The van der Waals surface area contributed by atoms with E-state index in [0.29, 0.717) is 11.4 Å². The van der Waals surface area contributed by atoms with E-state index in [9.17, 15) is 10.0 Å². The molecule has 30 heavy (non-hydrogen) atoms. The maximum Gasteiger partial charge on any atom is 0.488 e. The highest BCUT2D eigenvalue weighted by Gasteiger charge is 2.22. The highest BCUT2D eigenvalue weighted by atomic mass is 16.4. The molecule has 1 aliphatic rings. The summed E-state index contributed by atoms with van der Waals surface area (Å²) in [5, 5.41) is 22.8. The van der Waals surface area contributed by atoms with Crippen molar-refractivity contribution in [2.75, 3.05) is 0 Å². The Labute approximate surface area is 173 Å². The highest BCUT2D eigenvalue weighted by molar-refractivity contribution is 6.58. The topological polar surface area (TPSA) is 58.5 Å². The minimum absolute atomic E-state index is 0.373. The first-order valence-corrected chi connectivity index (χ1v) is 10.2. The molecule has 0 amide bonds. The Bertz CT molecular complexity index is 1470. The van der Waals surface area contributed by atoms with Gasteiger partial charge in [-0.1, -0.05) is 49.4 Å². The first kappa shape index (κ1) is 17.6. The molecular weight excluding hydrogens is 373 g/mol. The molecule has 1 atom stereocenters. The van der Waals surface area contributed by atoms with Crippen molar-refractivity contribution in [2.45, 2.75) is 19.3 Å². The van der Waals surface area contributed by atoms with Crippen molar-refractivity contribution >= 4 is 51.4 Å². The molecule has 5 heteroatoms. The molecule has 0 spiro atoms. The monoisotopic (exact) mass is 393 g/mol. The van der Waals surface area contributed by atoms with Crippen molar-refractivity contribution in [2.24, 2.45) is 0 Å². The molecule has 146 valence electrons. The summed E-state index contributed by atoms with van der Waals surface area (Å²) in [5.41, 5.74) is 5.53. The smallest absolute Gasteiger partial charge is 0.460 e. The summed E-state index contributed by atoms with van der Waals surface area (Å²) in [6.07, 6.45) is 5.40. The number of allylic oxidation sites excluding steroid dienone is 1. The third-order valence-corrected chi connectivity index (χ3v) is 6.20. The van der Waals surface area contributed by atoms with Gasteiger partial charge in [-0.3, -0.25) is 0 Å². The molecule has 3 aromatic carbocycles. The number of hydrogen-bond acceptors (Lipinski definition) is 3. The van der Waals surface area contributed by atoms with E-state index in [2.05, 4.69) is 54.0 Å². The van der Waals surface area contributed by atoms with Gasteiger partial charge in [0.25, 0.3) is 0 Å². The second kappa shape index (κ2) is 6.36. The molecule has 2 heterocycles. The van der Waals surface area contributed by atoms with Crippen molar-refractivity contribution in [3.05, 3.63) is 78.1 Å². The fraction of sp³-hybridized carbons (Fsp3) is 0.120. The summed E-state index contributed by atoms with van der Waals surface area (Å²) >= 11 is 0. The Morgan fingerprint density at radius 2 is 1.80 bits per heavy atom. The van der Waals surface area contributed by atoms with E-state index >= 15 is 0 Å². The van der Waals surface area contributed by atoms with Gasteiger partial charge in [-0.2, -0.15) is 0 Å². The van der Waals surface area contributed by atoms with Gasteiger partial charge in [0.15, 0.2) is 0 Å². The van der Waals surface area contributed by atoms with Gasteiger partial charge in [0, 0.05) is 39.4 Å². The number of furan rings is 1. The van der Waals surface area contributed by atoms with Crippen LogP contribution in [0.1, 0.15) is 30.6 Å². The number of rotatable bonds is 2. The SMILES string of the molecule is CC1CC=Cc2c1oc1cc3c(cc21)c1ccccc1n3-c1cccc(B(O)O)c1. The van der Waals surface area contributed by atoms with Crippen molar-refractivity contribution in [1.82, 2.24) is 4.57 Å². The van der Waals surface area contributed by atoms with Crippen molar-refractivity contribution in [3.63, 3.8) is 0 Å². The Hall–Kier alpha value is -3.28. The second-order valence-electron chi connectivity index (χ2n) is 8.11. The number of para-hydroxylation sites is 1. The van der Waals surface area contributed by atoms with Gasteiger partial charge < -0.3 is 19.0 Å². The van der Waals surface area contributed by atoms with Crippen LogP contribution in [0.5, 0.6) is 0 Å². The van der Waals surface area contributed by atoms with E-state index in [0.717, 1.165) is 50.6 Å². The Kier molecular flexibility index (Phi) is 3.73. The summed E-state index contributed by atoms with van der Waals surface area (Å²) < 4.78 is 8.48. The number of nitrogens with zero attached hydrogens (tertiary/aromatic N) is 1. The molecule has 1 aliphatic carbocycles. The van der Waals surface area contributed by atoms with E-state index in [4.69, 9.17) is 4.42 Å². The fourth-order valence-corrected chi connectivity index (χ4v) is 4.73. The third-order valence-electron chi connectivity index (χ3n) is 6.20. The average molecular weight is 393 g/mol. The van der Waals surface area contributed by atoms with E-state index in [1.807, 2.05) is 24.3 Å². The van der Waals surface area contributed by atoms with Gasteiger partial charge in [0.05, 0.1) is 11.0 Å². The minimum atomic E-state index is -1.50. The molecule has 0 fully saturated rings. The summed E-state index contributed by atoms with van der Waals surface area (Å²) in [5.74, 6) is 1.43. The highest BCUT2D eigenvalue weighted by Crippen LogP contribution is 2.41. The molecule has 5 aromatic rings. The quantitative estimate of drug-likeness (QED) is 0.427.